The van der Waals surface area contributed by atoms with Gasteiger partial charge in [0.05, 0.1) is 11.7 Å². The number of unbranched alkanes of at least 4 members (excludes halogenated alkanes) is 1. The average Bonchev–Trinajstić information content (AvgIpc) is 3.66. The van der Waals surface area contributed by atoms with Gasteiger partial charge in [0.1, 0.15) is 60.4 Å². The fraction of sp³-hybridized carbons (Fsp3) is 0.702. The predicted molar refractivity (Wildman–Crippen MR) is 321 cm³/mol. The van der Waals surface area contributed by atoms with E-state index in [-0.39, 0.29) is 90.0 Å². The molecule has 1 aromatic carbocycles. The summed E-state index contributed by atoms with van der Waals surface area (Å²) in [7, 11) is 0. The first-order chi connectivity index (χ1) is 40.6. The molecule has 0 bridgehead atoms. The number of rotatable bonds is 29. The molecular formula is C57H100N16O13. The first-order valence-electron chi connectivity index (χ1n) is 29.9. The molecule has 486 valence electrons. The van der Waals surface area contributed by atoms with E-state index in [0.717, 1.165) is 19.3 Å². The monoisotopic (exact) mass is 1220 g/mol. The minimum absolute atomic E-state index is 0.0185. The van der Waals surface area contributed by atoms with Crippen molar-refractivity contribution in [2.45, 2.75) is 204 Å². The molecule has 86 heavy (non-hydrogen) atoms. The number of amides is 11. The smallest absolute Gasteiger partial charge is 0.245 e. The van der Waals surface area contributed by atoms with Crippen molar-refractivity contribution in [1.29, 1.82) is 0 Å². The topological polar surface area (TPSA) is 491 Å². The lowest BCUT2D eigenvalue weighted by Crippen LogP contribution is -2.63. The zero-order valence-electron chi connectivity index (χ0n) is 51.1. The van der Waals surface area contributed by atoms with Gasteiger partial charge in [0.25, 0.3) is 0 Å². The molecule has 2 rings (SSSR count). The minimum atomic E-state index is -2.00. The Kier molecular flexibility index (Phi) is 34.1. The van der Waals surface area contributed by atoms with Gasteiger partial charge in [0, 0.05) is 19.4 Å². The third-order valence-electron chi connectivity index (χ3n) is 14.4. The van der Waals surface area contributed by atoms with Crippen LogP contribution in [-0.4, -0.2) is 187 Å². The summed E-state index contributed by atoms with van der Waals surface area (Å²) in [6.07, 6.45) is 0.480. The van der Waals surface area contributed by atoms with E-state index in [2.05, 4.69) is 72.3 Å². The molecule has 1 aromatic rings. The number of nitrogens with one attached hydrogen (secondary N) is 11. The van der Waals surface area contributed by atoms with Crippen molar-refractivity contribution in [2.75, 3.05) is 39.3 Å². The molecule has 0 aliphatic carbocycles. The Morgan fingerprint density at radius 1 is 0.593 bits per heavy atom. The van der Waals surface area contributed by atoms with Crippen LogP contribution in [0.5, 0.6) is 0 Å². The molecule has 0 aromatic heterocycles. The molecule has 1 heterocycles. The third kappa shape index (κ3) is 26.8. The van der Waals surface area contributed by atoms with Crippen LogP contribution < -0.4 is 87.2 Å². The van der Waals surface area contributed by atoms with E-state index < -0.39 is 150 Å². The number of hydrogen-bond donors (Lipinski definition) is 18. The highest BCUT2D eigenvalue weighted by Gasteiger charge is 2.39. The van der Waals surface area contributed by atoms with E-state index >= 15 is 0 Å². The zero-order chi connectivity index (χ0) is 64.7. The molecular weight excluding hydrogens is 1120 g/mol. The minimum Gasteiger partial charge on any atom is -0.391 e. The van der Waals surface area contributed by atoms with Gasteiger partial charge in [-0.05, 0) is 122 Å². The summed E-state index contributed by atoms with van der Waals surface area (Å²) >= 11 is 0. The highest BCUT2D eigenvalue weighted by molar-refractivity contribution is 5.99. The Bertz CT molecular complexity index is 2360. The first kappa shape index (κ1) is 75.2. The molecule has 0 unspecified atom stereocenters. The summed E-state index contributed by atoms with van der Waals surface area (Å²) in [4.78, 5) is 154. The Labute approximate surface area is 504 Å². The number of hydrogen-bond acceptors (Lipinski definition) is 18. The van der Waals surface area contributed by atoms with Crippen molar-refractivity contribution in [3.05, 3.63) is 35.9 Å². The fourth-order valence-electron chi connectivity index (χ4n) is 9.26. The first-order valence-corrected chi connectivity index (χ1v) is 29.9. The van der Waals surface area contributed by atoms with Crippen molar-refractivity contribution in [2.24, 2.45) is 40.5 Å². The second-order valence-electron chi connectivity index (χ2n) is 22.9. The molecule has 0 radical (unpaired) electrons. The number of aliphatic hydroxyl groups is 2. The summed E-state index contributed by atoms with van der Waals surface area (Å²) in [5, 5.41) is 50.3. The third-order valence-corrected chi connectivity index (χ3v) is 14.4. The van der Waals surface area contributed by atoms with Crippen LogP contribution in [0.15, 0.2) is 30.3 Å². The molecule has 29 nitrogen and oxygen atoms in total. The van der Waals surface area contributed by atoms with Crippen LogP contribution in [0.2, 0.25) is 0 Å². The highest BCUT2D eigenvalue weighted by atomic mass is 16.3. The van der Waals surface area contributed by atoms with Crippen LogP contribution in [0, 0.1) is 11.8 Å². The summed E-state index contributed by atoms with van der Waals surface area (Å²) in [6.45, 7) is 10.2. The molecule has 23 N–H and O–H groups in total. The normalized spacial score (nSPS) is 22.6. The number of aliphatic hydroxyl groups excluding tert-OH is 1. The van der Waals surface area contributed by atoms with E-state index in [9.17, 15) is 63.0 Å². The lowest BCUT2D eigenvalue weighted by molar-refractivity contribution is -0.137. The summed E-state index contributed by atoms with van der Waals surface area (Å²) in [6, 6.07) is -6.34. The Morgan fingerprint density at radius 3 is 1.58 bits per heavy atom. The maximum Gasteiger partial charge on any atom is 0.245 e. The van der Waals surface area contributed by atoms with E-state index in [1.807, 2.05) is 0 Å². The SMILES string of the molecule is CC[C@H](C)CCCCC(=O)N[C@@H](CCN)C(=O)N[C@H](C(=O)N[C@@H](CCN)C(=O)N[C@H]1CCNC(=O)[C@H](C(C)(C)O)NC(=O)[C@H](CCN)NC(=O)[C@H](CCN)NC(=O)[C@H](CC(C)C)NC(=O)[C@@H](Cc2ccccc2)NC(=O)[C@H](CCN)NC1=O)[C@@H](C)O. The van der Waals surface area contributed by atoms with Gasteiger partial charge in [-0.2, -0.15) is 0 Å². The Morgan fingerprint density at radius 2 is 1.08 bits per heavy atom. The van der Waals surface area contributed by atoms with Crippen LogP contribution in [0.25, 0.3) is 0 Å². The van der Waals surface area contributed by atoms with Gasteiger partial charge in [-0.3, -0.25) is 52.7 Å². The second kappa shape index (κ2) is 39.0. The van der Waals surface area contributed by atoms with Gasteiger partial charge in [0.15, 0.2) is 0 Å². The maximum absolute atomic E-state index is 14.6. The Balaban J connectivity index is 2.70. The molecule has 0 saturated carbocycles. The number of carbonyl (C=O) groups is 11. The quantitative estimate of drug-likeness (QED) is 0.0335. The van der Waals surface area contributed by atoms with Gasteiger partial charge in [-0.25, -0.2) is 0 Å². The molecule has 29 heteroatoms. The van der Waals surface area contributed by atoms with Crippen LogP contribution >= 0.6 is 0 Å². The largest absolute Gasteiger partial charge is 0.391 e. The number of nitrogens with two attached hydrogens (primary N) is 5. The zero-order valence-corrected chi connectivity index (χ0v) is 51.1. The van der Waals surface area contributed by atoms with Gasteiger partial charge >= 0.3 is 0 Å². The van der Waals surface area contributed by atoms with Crippen molar-refractivity contribution in [3.8, 4) is 0 Å². The molecule has 11 amide bonds. The van der Waals surface area contributed by atoms with Crippen molar-refractivity contribution < 1.29 is 63.0 Å². The van der Waals surface area contributed by atoms with Gasteiger partial charge in [0.2, 0.25) is 65.0 Å². The summed E-state index contributed by atoms with van der Waals surface area (Å²) in [5.41, 5.74) is 28.0. The number of carbonyl (C=O) groups excluding carboxylic acids is 11. The molecule has 1 fully saturated rings. The van der Waals surface area contributed by atoms with Crippen molar-refractivity contribution in [1.82, 2.24) is 58.5 Å². The average molecular weight is 1220 g/mol. The molecule has 0 spiro atoms. The van der Waals surface area contributed by atoms with E-state index in [1.165, 1.54) is 20.8 Å². The molecule has 1 aliphatic rings. The highest BCUT2D eigenvalue weighted by Crippen LogP contribution is 2.15. The second-order valence-corrected chi connectivity index (χ2v) is 22.9. The molecule has 1 saturated heterocycles. The summed E-state index contributed by atoms with van der Waals surface area (Å²) in [5.74, 6) is -9.49. The van der Waals surface area contributed by atoms with Crippen LogP contribution in [0.1, 0.15) is 131 Å². The van der Waals surface area contributed by atoms with Crippen LogP contribution in [-0.2, 0) is 59.2 Å². The molecule has 12 atom stereocenters. The van der Waals surface area contributed by atoms with Crippen LogP contribution in [0.3, 0.4) is 0 Å². The van der Waals surface area contributed by atoms with Gasteiger partial charge in [-0.15, -0.1) is 0 Å². The predicted octanol–water partition coefficient (Wildman–Crippen LogP) is -4.85. The van der Waals surface area contributed by atoms with Crippen LogP contribution in [0.4, 0.5) is 0 Å². The molecule has 1 aliphatic heterocycles. The maximum atomic E-state index is 14.6. The van der Waals surface area contributed by atoms with E-state index in [1.54, 1.807) is 44.2 Å². The number of benzene rings is 1. The van der Waals surface area contributed by atoms with E-state index in [4.69, 9.17) is 28.7 Å². The van der Waals surface area contributed by atoms with Gasteiger partial charge < -0.3 is 97.4 Å². The van der Waals surface area contributed by atoms with E-state index in [0.29, 0.717) is 17.9 Å². The van der Waals surface area contributed by atoms with Gasteiger partial charge in [-0.1, -0.05) is 77.3 Å². The standard InChI is InChI=1S/C57H100N16O13/c1-8-33(4)14-12-13-17-44(75)64-36(18-24-58)51(80)72-45(34(5)74)55(84)69-39(21-27-61)48(77)68-41-23-29-63-56(85)46(57(6,7)86)73-52(81)40(22-28-62)66-47(76)37(19-25-59)67-53(82)42(30-32(2)3)70-54(83)43(31-35-15-10-9-11-16-35)71-49(78)38(20-26-60)65-50(41)79/h9-11,15-16,32-34,36-43,45-46,74,86H,8,12-14,17-31,58-62H2,1-7H3,(H,63,85)(H,64,75)(H,65,79)(H,66,76)(H,67,82)(H,68,77)(H,69,84)(H,70,83)(H,71,78)(H,72,80)(H,73,81)/t33-,34+,36-,37-,38-,39-,40-,41-,42-,43+,45-,46+/m0/s1. The fourth-order valence-corrected chi connectivity index (χ4v) is 9.26. The lowest BCUT2D eigenvalue weighted by Gasteiger charge is -2.31. The Hall–Kier alpha value is -6.89. The summed E-state index contributed by atoms with van der Waals surface area (Å²) < 4.78 is 0. The van der Waals surface area contributed by atoms with Crippen molar-refractivity contribution in [3.63, 3.8) is 0 Å². The lowest BCUT2D eigenvalue weighted by atomic mass is 9.97. The van der Waals surface area contributed by atoms with Crippen molar-refractivity contribution >= 4 is 65.0 Å².